The van der Waals surface area contributed by atoms with Gasteiger partial charge in [0.05, 0.1) is 6.10 Å². The Kier molecular flexibility index (Phi) is 24.1. The summed E-state index contributed by atoms with van der Waals surface area (Å²) in [6.45, 7) is 31.6. The second-order valence-corrected chi connectivity index (χ2v) is 15.5. The molecule has 1 N–H and O–H groups in total. The quantitative estimate of drug-likeness (QED) is 0.0859. The van der Waals surface area contributed by atoms with Crippen LogP contribution in [-0.4, -0.2) is 56.4 Å². The number of hydrogen-bond acceptors (Lipinski definition) is 7. The van der Waals surface area contributed by atoms with Crippen molar-refractivity contribution in [2.75, 3.05) is 0 Å². The molecule has 0 saturated heterocycles. The van der Waals surface area contributed by atoms with E-state index in [2.05, 4.69) is 52.2 Å². The van der Waals surface area contributed by atoms with E-state index in [0.717, 1.165) is 24.7 Å². The highest BCUT2D eigenvalue weighted by Crippen LogP contribution is 2.64. The van der Waals surface area contributed by atoms with Crippen molar-refractivity contribution in [3.8, 4) is 0 Å². The number of allylic oxidation sites excluding steroid dienone is 2. The molecular formula is C43H70N2O7. The maximum atomic E-state index is 11.1. The van der Waals surface area contributed by atoms with Gasteiger partial charge in [-0.1, -0.05) is 80.5 Å². The lowest BCUT2D eigenvalue weighted by molar-refractivity contribution is -0.123. The summed E-state index contributed by atoms with van der Waals surface area (Å²) in [4.78, 5) is 67.2. The summed E-state index contributed by atoms with van der Waals surface area (Å²) in [5.41, 5.74) is 8.69. The zero-order valence-electron chi connectivity index (χ0n) is 34.3. The number of fused-ring (bicyclic) bond motifs is 2. The number of hydrogen-bond donors (Lipinski definition) is 1. The van der Waals surface area contributed by atoms with Gasteiger partial charge in [-0.3, -0.25) is 24.0 Å². The van der Waals surface area contributed by atoms with Crippen molar-refractivity contribution in [3.63, 3.8) is 0 Å². The van der Waals surface area contributed by atoms with E-state index in [-0.39, 0.29) is 46.2 Å². The van der Waals surface area contributed by atoms with Crippen molar-refractivity contribution >= 4 is 40.4 Å². The zero-order chi connectivity index (χ0) is 41.0. The molecule has 4 aliphatic carbocycles. The van der Waals surface area contributed by atoms with E-state index < -0.39 is 6.10 Å². The first kappa shape index (κ1) is 50.7. The number of aliphatic hydroxyl groups is 1. The van der Waals surface area contributed by atoms with Gasteiger partial charge in [0.15, 0.2) is 0 Å². The number of ketones is 6. The third-order valence-corrected chi connectivity index (χ3v) is 10.7. The molecule has 4 aliphatic rings. The first-order valence-electron chi connectivity index (χ1n) is 18.9. The van der Waals surface area contributed by atoms with E-state index in [4.69, 9.17) is 10.6 Å². The molecule has 4 fully saturated rings. The number of nitrogens with zero attached hydrogens (tertiary/aromatic N) is 2. The zero-order valence-corrected chi connectivity index (χ0v) is 34.3. The highest BCUT2D eigenvalue weighted by atomic mass is 16.3. The Labute approximate surface area is 314 Å². The summed E-state index contributed by atoms with van der Waals surface area (Å²) >= 11 is 0. The molecule has 0 aliphatic heterocycles. The first-order chi connectivity index (χ1) is 24.1. The molecule has 52 heavy (non-hydrogen) atoms. The normalized spacial score (nSPS) is 26.8. The van der Waals surface area contributed by atoms with Crippen LogP contribution in [0.3, 0.4) is 0 Å². The Hall–Kier alpha value is -3.42. The Morgan fingerprint density at radius 3 is 1.35 bits per heavy atom. The van der Waals surface area contributed by atoms with Crippen molar-refractivity contribution in [2.45, 2.75) is 146 Å². The van der Waals surface area contributed by atoms with Crippen LogP contribution in [0.25, 0.3) is 5.53 Å². The summed E-state index contributed by atoms with van der Waals surface area (Å²) in [5, 5.41) is 8.82. The highest BCUT2D eigenvalue weighted by molar-refractivity contribution is 6.36. The smallest absolute Gasteiger partial charge is 0.331 e. The van der Waals surface area contributed by atoms with Crippen molar-refractivity contribution < 1.29 is 38.7 Å². The number of carbonyl (C=O) groups excluding carboxylic acids is 6. The summed E-state index contributed by atoms with van der Waals surface area (Å²) in [7, 11) is 0. The number of rotatable bonds is 13. The summed E-state index contributed by atoms with van der Waals surface area (Å²) < 4.78 is 0. The Bertz CT molecular complexity index is 1240. The van der Waals surface area contributed by atoms with E-state index in [1.54, 1.807) is 19.9 Å². The average Bonchev–Trinajstić information content (AvgIpc) is 3.98. The summed E-state index contributed by atoms with van der Waals surface area (Å²) in [6.07, 6.45) is 11.3. The van der Waals surface area contributed by atoms with Crippen LogP contribution in [-0.2, 0) is 28.8 Å². The van der Waals surface area contributed by atoms with E-state index in [1.165, 1.54) is 25.8 Å². The van der Waals surface area contributed by atoms with Crippen LogP contribution in [0.2, 0.25) is 0 Å². The third kappa shape index (κ3) is 18.4. The van der Waals surface area contributed by atoms with Gasteiger partial charge in [-0.15, -0.1) is 19.7 Å². The molecule has 0 bridgehead atoms. The second-order valence-electron chi connectivity index (χ2n) is 15.5. The Morgan fingerprint density at radius 1 is 0.769 bits per heavy atom. The fraction of sp³-hybridized carbons (Fsp3) is 0.698. The minimum Gasteiger partial charge on any atom is -0.389 e. The molecule has 4 rings (SSSR count). The van der Waals surface area contributed by atoms with Crippen LogP contribution in [0, 0.1) is 46.3 Å². The van der Waals surface area contributed by atoms with E-state index in [1.807, 2.05) is 33.8 Å². The van der Waals surface area contributed by atoms with Crippen molar-refractivity contribution in [1.29, 1.82) is 0 Å². The molecule has 9 unspecified atom stereocenters. The summed E-state index contributed by atoms with van der Waals surface area (Å²) in [6, 6.07) is 0. The molecule has 9 atom stereocenters. The number of carbonyl (C=O) groups is 6. The van der Waals surface area contributed by atoms with Crippen LogP contribution in [0.15, 0.2) is 38.0 Å². The van der Waals surface area contributed by atoms with Gasteiger partial charge in [-0.2, -0.15) is 4.79 Å². The fourth-order valence-corrected chi connectivity index (χ4v) is 6.06. The summed E-state index contributed by atoms with van der Waals surface area (Å²) in [5.74, 6) is 4.89. The van der Waals surface area contributed by atoms with E-state index in [9.17, 15) is 28.8 Å². The lowest BCUT2D eigenvalue weighted by Gasteiger charge is -2.00. The van der Waals surface area contributed by atoms with Gasteiger partial charge in [0.2, 0.25) is 5.78 Å². The molecule has 4 saturated carbocycles. The number of aliphatic hydroxyl groups excluding tert-OH is 1. The van der Waals surface area contributed by atoms with Gasteiger partial charge < -0.3 is 15.4 Å². The molecule has 9 heteroatoms. The maximum Gasteiger partial charge on any atom is 0.331 e. The van der Waals surface area contributed by atoms with Crippen molar-refractivity contribution in [3.05, 3.63) is 43.5 Å². The first-order valence-corrected chi connectivity index (χ1v) is 18.9. The minimum absolute atomic E-state index is 0.0717. The maximum absolute atomic E-state index is 11.1. The SMILES string of the molecule is C=CC(C)CC(=O)C(C)=[N+]=[N-].C=CC(C)CC(=O)CC.C=CC(O)CC(=O)CC.CC1CC(=O)C2(C)CC12.CC1CC(=O)C2(C)CC12.CCC(C)=O. The van der Waals surface area contributed by atoms with E-state index >= 15 is 0 Å². The van der Waals surface area contributed by atoms with Gasteiger partial charge in [0.25, 0.3) is 0 Å². The van der Waals surface area contributed by atoms with Gasteiger partial charge >= 0.3 is 5.71 Å². The molecule has 0 aromatic carbocycles. The standard InChI is InChI=1S/C8H12N2O.2C8H12O.C8H14O.C7H12O2.C4H8O/c1-4-6(2)5-8(11)7(3)10-9;2*1-5-3-7(9)8(2)4-6(5)8;1-4-7(3)6-8(9)5-2;1-3-6(8)5-7(9)4-2;1-3-4(2)5/h4,6H,1,5H2,2-3H3;2*5-6H,3-4H2,1-2H3;4,7H,1,5-6H2,2-3H3;3,6,8H,1,4-5H2,2H3;3H2,1-2H3. The average molecular weight is 727 g/mol. The number of Topliss-reactive ketones (excluding diaryl/α,β-unsaturated/α-hetero) is 6. The fourth-order valence-electron chi connectivity index (χ4n) is 6.06. The molecule has 9 nitrogen and oxygen atoms in total. The lowest BCUT2D eigenvalue weighted by Crippen LogP contribution is -2.13. The molecule has 0 spiro atoms. The lowest BCUT2D eigenvalue weighted by atomic mass is 10.0. The van der Waals surface area contributed by atoms with Gasteiger partial charge in [0.1, 0.15) is 28.9 Å². The predicted octanol–water partition coefficient (Wildman–Crippen LogP) is 8.77. The minimum atomic E-state index is -0.655. The predicted molar refractivity (Wildman–Crippen MR) is 210 cm³/mol. The topological polar surface area (TPSA) is 159 Å². The van der Waals surface area contributed by atoms with Crippen molar-refractivity contribution in [1.82, 2.24) is 0 Å². The van der Waals surface area contributed by atoms with Crippen LogP contribution >= 0.6 is 0 Å². The van der Waals surface area contributed by atoms with Crippen LogP contribution in [0.1, 0.15) is 140 Å². The molecular weight excluding hydrogens is 656 g/mol. The third-order valence-electron chi connectivity index (χ3n) is 10.7. The molecule has 0 radical (unpaired) electrons. The molecule has 0 aromatic heterocycles. The van der Waals surface area contributed by atoms with Crippen molar-refractivity contribution in [2.24, 2.45) is 46.3 Å². The molecule has 0 amide bonds. The van der Waals surface area contributed by atoms with Crippen LogP contribution < -0.4 is 0 Å². The van der Waals surface area contributed by atoms with Gasteiger partial charge in [0, 0.05) is 69.1 Å². The molecule has 0 aromatic rings. The second kappa shape index (κ2) is 24.8. The molecule has 294 valence electrons. The van der Waals surface area contributed by atoms with Crippen LogP contribution in [0.5, 0.6) is 0 Å². The van der Waals surface area contributed by atoms with Crippen LogP contribution in [0.4, 0.5) is 0 Å². The largest absolute Gasteiger partial charge is 0.389 e. The Balaban J connectivity index is 0. The van der Waals surface area contributed by atoms with Gasteiger partial charge in [-0.25, -0.2) is 0 Å². The van der Waals surface area contributed by atoms with E-state index in [0.29, 0.717) is 67.2 Å². The monoisotopic (exact) mass is 727 g/mol. The molecule has 0 heterocycles. The Morgan fingerprint density at radius 2 is 1.13 bits per heavy atom. The highest BCUT2D eigenvalue weighted by Gasteiger charge is 2.63. The van der Waals surface area contributed by atoms with Gasteiger partial charge in [-0.05, 0) is 55.3 Å².